The van der Waals surface area contributed by atoms with Gasteiger partial charge in [-0.2, -0.15) is 5.10 Å². The summed E-state index contributed by atoms with van der Waals surface area (Å²) in [6.45, 7) is 1.61. The zero-order valence-electron chi connectivity index (χ0n) is 16.0. The average Bonchev–Trinajstić information content (AvgIpc) is 3.13. The van der Waals surface area contributed by atoms with E-state index in [0.717, 1.165) is 47.2 Å². The molecule has 0 saturated carbocycles. The monoisotopic (exact) mass is 384 g/mol. The standard InChI is InChI=1S/C22H20N6O/c1-27-13-17(11-26-27)14-3-5-15(6-4-14)19-12-25-21(23)20-18(19)9-16(10-24-20)22(29)28-7-2-8-28/h3-6,9-13H,2,7-8H2,1H3,(H2,23,25). The van der Waals surface area contributed by atoms with Crippen LogP contribution in [0.1, 0.15) is 16.8 Å². The Bertz CT molecular complexity index is 1220. The van der Waals surface area contributed by atoms with Gasteiger partial charge < -0.3 is 10.6 Å². The smallest absolute Gasteiger partial charge is 0.255 e. The van der Waals surface area contributed by atoms with Crippen LogP contribution in [0.4, 0.5) is 5.82 Å². The highest BCUT2D eigenvalue weighted by Crippen LogP contribution is 2.32. The van der Waals surface area contributed by atoms with Crippen molar-refractivity contribution in [3.05, 3.63) is 60.7 Å². The van der Waals surface area contributed by atoms with Crippen LogP contribution in [0.15, 0.2) is 55.1 Å². The fourth-order valence-electron chi connectivity index (χ4n) is 3.60. The third-order valence-electron chi connectivity index (χ3n) is 5.38. The van der Waals surface area contributed by atoms with Gasteiger partial charge in [0.2, 0.25) is 0 Å². The Hall–Kier alpha value is -3.74. The summed E-state index contributed by atoms with van der Waals surface area (Å²) >= 11 is 0. The topological polar surface area (TPSA) is 89.9 Å². The highest BCUT2D eigenvalue weighted by atomic mass is 16.2. The second-order valence-corrected chi connectivity index (χ2v) is 7.30. The summed E-state index contributed by atoms with van der Waals surface area (Å²) < 4.78 is 1.78. The van der Waals surface area contributed by atoms with Crippen LogP contribution in [-0.4, -0.2) is 43.6 Å². The molecule has 7 heteroatoms. The Morgan fingerprint density at radius 1 is 1.00 bits per heavy atom. The molecule has 1 saturated heterocycles. The number of hydrogen-bond donors (Lipinski definition) is 1. The molecule has 0 bridgehead atoms. The van der Waals surface area contributed by atoms with E-state index in [-0.39, 0.29) is 5.91 Å². The van der Waals surface area contributed by atoms with Gasteiger partial charge in [-0.1, -0.05) is 24.3 Å². The molecular formula is C22H20N6O. The second-order valence-electron chi connectivity index (χ2n) is 7.30. The molecule has 1 aliphatic heterocycles. The first-order valence-corrected chi connectivity index (χ1v) is 9.53. The number of rotatable bonds is 3. The molecule has 29 heavy (non-hydrogen) atoms. The largest absolute Gasteiger partial charge is 0.382 e. The lowest BCUT2D eigenvalue weighted by Crippen LogP contribution is -2.42. The van der Waals surface area contributed by atoms with Crippen molar-refractivity contribution in [3.63, 3.8) is 0 Å². The lowest BCUT2D eigenvalue weighted by Gasteiger charge is -2.30. The van der Waals surface area contributed by atoms with Crippen molar-refractivity contribution >= 4 is 22.6 Å². The molecule has 3 aromatic heterocycles. The second kappa shape index (κ2) is 6.70. The molecule has 2 N–H and O–H groups in total. The lowest BCUT2D eigenvalue weighted by atomic mass is 9.99. The molecule has 0 spiro atoms. The van der Waals surface area contributed by atoms with Crippen LogP contribution in [0.25, 0.3) is 33.2 Å². The SMILES string of the molecule is Cn1cc(-c2ccc(-c3cnc(N)c4ncc(C(=O)N5CCC5)cc34)cc2)cn1. The van der Waals surface area contributed by atoms with Gasteiger partial charge in [-0.3, -0.25) is 14.5 Å². The Labute approximate surface area is 167 Å². The van der Waals surface area contributed by atoms with Gasteiger partial charge >= 0.3 is 0 Å². The molecule has 1 fully saturated rings. The van der Waals surface area contributed by atoms with E-state index in [0.29, 0.717) is 16.9 Å². The Morgan fingerprint density at radius 2 is 1.76 bits per heavy atom. The Kier molecular flexibility index (Phi) is 4.01. The van der Waals surface area contributed by atoms with Crippen LogP contribution in [0.3, 0.4) is 0 Å². The number of nitrogen functional groups attached to an aromatic ring is 1. The van der Waals surface area contributed by atoms with Crippen LogP contribution < -0.4 is 5.73 Å². The van der Waals surface area contributed by atoms with Gasteiger partial charge in [0, 0.05) is 55.2 Å². The van der Waals surface area contributed by atoms with Crippen LogP contribution in [-0.2, 0) is 7.05 Å². The minimum atomic E-state index is 0.0129. The number of carbonyl (C=O) groups excluding carboxylic acids is 1. The summed E-state index contributed by atoms with van der Waals surface area (Å²) in [7, 11) is 1.90. The Morgan fingerprint density at radius 3 is 2.41 bits per heavy atom. The fourth-order valence-corrected chi connectivity index (χ4v) is 3.60. The number of nitrogens with zero attached hydrogens (tertiary/aromatic N) is 5. The summed E-state index contributed by atoms with van der Waals surface area (Å²) in [6.07, 6.45) is 8.21. The van der Waals surface area contributed by atoms with E-state index in [2.05, 4.69) is 27.2 Å². The van der Waals surface area contributed by atoms with Gasteiger partial charge in [-0.15, -0.1) is 0 Å². The zero-order valence-corrected chi connectivity index (χ0v) is 16.0. The number of carbonyl (C=O) groups is 1. The number of hydrogen-bond acceptors (Lipinski definition) is 5. The molecule has 7 nitrogen and oxygen atoms in total. The number of pyridine rings is 2. The highest BCUT2D eigenvalue weighted by Gasteiger charge is 2.22. The van der Waals surface area contributed by atoms with E-state index in [4.69, 9.17) is 5.73 Å². The lowest BCUT2D eigenvalue weighted by molar-refractivity contribution is 0.0651. The molecule has 0 radical (unpaired) electrons. The zero-order chi connectivity index (χ0) is 20.0. The van der Waals surface area contributed by atoms with Gasteiger partial charge in [-0.25, -0.2) is 4.98 Å². The molecule has 1 aliphatic rings. The van der Waals surface area contributed by atoms with E-state index >= 15 is 0 Å². The molecule has 0 unspecified atom stereocenters. The third-order valence-corrected chi connectivity index (χ3v) is 5.38. The first kappa shape index (κ1) is 17.4. The first-order chi connectivity index (χ1) is 14.1. The van der Waals surface area contributed by atoms with Crippen LogP contribution >= 0.6 is 0 Å². The normalized spacial score (nSPS) is 13.5. The van der Waals surface area contributed by atoms with Gasteiger partial charge in [-0.05, 0) is 23.6 Å². The van der Waals surface area contributed by atoms with Gasteiger partial charge in [0.15, 0.2) is 0 Å². The molecule has 4 heterocycles. The minimum absolute atomic E-state index is 0.0129. The number of aromatic nitrogens is 4. The summed E-state index contributed by atoms with van der Waals surface area (Å²) in [6, 6.07) is 10.1. The number of benzene rings is 1. The van der Waals surface area contributed by atoms with Crippen molar-refractivity contribution in [2.24, 2.45) is 7.05 Å². The summed E-state index contributed by atoms with van der Waals surface area (Å²) in [4.78, 5) is 23.2. The summed E-state index contributed by atoms with van der Waals surface area (Å²) in [5.74, 6) is 0.373. The predicted octanol–water partition coefficient (Wildman–Crippen LogP) is 3.13. The molecule has 0 aliphatic carbocycles. The van der Waals surface area contributed by atoms with Crippen molar-refractivity contribution in [3.8, 4) is 22.3 Å². The van der Waals surface area contributed by atoms with E-state index < -0.39 is 0 Å². The van der Waals surface area contributed by atoms with Crippen LogP contribution in [0.5, 0.6) is 0 Å². The molecule has 4 aromatic rings. The van der Waals surface area contributed by atoms with Crippen LogP contribution in [0, 0.1) is 0 Å². The van der Waals surface area contributed by atoms with Crippen molar-refractivity contribution < 1.29 is 4.79 Å². The molecule has 5 rings (SSSR count). The average molecular weight is 384 g/mol. The maximum atomic E-state index is 12.6. The van der Waals surface area contributed by atoms with E-state index in [1.54, 1.807) is 17.1 Å². The van der Waals surface area contributed by atoms with Crippen molar-refractivity contribution in [1.29, 1.82) is 0 Å². The van der Waals surface area contributed by atoms with Crippen molar-refractivity contribution in [2.45, 2.75) is 6.42 Å². The number of anilines is 1. The van der Waals surface area contributed by atoms with Crippen molar-refractivity contribution in [2.75, 3.05) is 18.8 Å². The quantitative estimate of drug-likeness (QED) is 0.586. The van der Waals surface area contributed by atoms with Gasteiger partial charge in [0.1, 0.15) is 11.3 Å². The molecular weight excluding hydrogens is 364 g/mol. The molecule has 0 atom stereocenters. The highest BCUT2D eigenvalue weighted by molar-refractivity contribution is 6.04. The maximum absolute atomic E-state index is 12.6. The minimum Gasteiger partial charge on any atom is -0.382 e. The summed E-state index contributed by atoms with van der Waals surface area (Å²) in [5.41, 5.74) is 11.3. The van der Waals surface area contributed by atoms with E-state index in [9.17, 15) is 4.79 Å². The van der Waals surface area contributed by atoms with Crippen LogP contribution in [0.2, 0.25) is 0 Å². The van der Waals surface area contributed by atoms with E-state index in [1.165, 1.54) is 0 Å². The number of amides is 1. The number of likely N-dealkylation sites (tertiary alicyclic amines) is 1. The van der Waals surface area contributed by atoms with E-state index in [1.807, 2.05) is 42.5 Å². The Balaban J connectivity index is 1.58. The van der Waals surface area contributed by atoms with Gasteiger partial charge in [0.25, 0.3) is 5.91 Å². The van der Waals surface area contributed by atoms with Crippen molar-refractivity contribution in [1.82, 2.24) is 24.6 Å². The summed E-state index contributed by atoms with van der Waals surface area (Å²) in [5, 5.41) is 5.06. The fraction of sp³-hybridized carbons (Fsp3) is 0.182. The predicted molar refractivity (Wildman–Crippen MR) is 112 cm³/mol. The number of aryl methyl sites for hydroxylation is 1. The number of nitrogens with two attached hydrogens (primary N) is 1. The molecule has 144 valence electrons. The number of fused-ring (bicyclic) bond motifs is 1. The maximum Gasteiger partial charge on any atom is 0.255 e. The molecule has 1 amide bonds. The third kappa shape index (κ3) is 3.00. The first-order valence-electron chi connectivity index (χ1n) is 9.53. The molecule has 1 aromatic carbocycles. The van der Waals surface area contributed by atoms with Gasteiger partial charge in [0.05, 0.1) is 11.8 Å².